The average molecular weight is 426 g/mol. The number of rotatable bonds is 6. The van der Waals surface area contributed by atoms with Gasteiger partial charge in [-0.3, -0.25) is 4.79 Å². The summed E-state index contributed by atoms with van der Waals surface area (Å²) in [6.45, 7) is 8.40. The fourth-order valence-corrected chi connectivity index (χ4v) is 4.21. The van der Waals surface area contributed by atoms with Gasteiger partial charge in [0.2, 0.25) is 5.91 Å². The highest BCUT2D eigenvalue weighted by Gasteiger charge is 2.20. The van der Waals surface area contributed by atoms with E-state index >= 15 is 0 Å². The highest BCUT2D eigenvalue weighted by atomic mass is 35.5. The molecule has 0 unspecified atom stereocenters. The van der Waals surface area contributed by atoms with E-state index in [2.05, 4.69) is 32.2 Å². The fraction of sp³-hybridized carbons (Fsp3) is 0.381. The molecule has 2 rings (SSSR count). The van der Waals surface area contributed by atoms with E-state index in [9.17, 15) is 4.79 Å². The second-order valence-electron chi connectivity index (χ2n) is 7.28. The van der Waals surface area contributed by atoms with E-state index in [0.717, 1.165) is 27.5 Å². The van der Waals surface area contributed by atoms with Crippen molar-refractivity contribution in [1.29, 1.82) is 0 Å². The lowest BCUT2D eigenvalue weighted by Gasteiger charge is -2.23. The van der Waals surface area contributed by atoms with Crippen molar-refractivity contribution in [2.75, 3.05) is 12.4 Å². The normalized spacial score (nSPS) is 11.4. The molecule has 0 aliphatic heterocycles. The number of hydrogen-bond acceptors (Lipinski definition) is 3. The zero-order valence-electron chi connectivity index (χ0n) is 16.3. The number of carbonyl (C=O) groups excluding carboxylic acids is 1. The Morgan fingerprint density at radius 1 is 1.15 bits per heavy atom. The van der Waals surface area contributed by atoms with Gasteiger partial charge >= 0.3 is 0 Å². The lowest BCUT2D eigenvalue weighted by Crippen LogP contribution is -2.12. The van der Waals surface area contributed by atoms with Crippen molar-refractivity contribution in [2.24, 2.45) is 0 Å². The molecule has 6 heteroatoms. The van der Waals surface area contributed by atoms with E-state index in [1.165, 1.54) is 11.8 Å². The van der Waals surface area contributed by atoms with Gasteiger partial charge in [-0.1, -0.05) is 62.7 Å². The molecule has 0 radical (unpaired) electrons. The Morgan fingerprint density at radius 2 is 1.78 bits per heavy atom. The monoisotopic (exact) mass is 425 g/mol. The summed E-state index contributed by atoms with van der Waals surface area (Å²) in [5.74, 6) is 0.813. The van der Waals surface area contributed by atoms with Crippen LogP contribution >= 0.6 is 35.0 Å². The van der Waals surface area contributed by atoms with Gasteiger partial charge in [-0.2, -0.15) is 0 Å². The SMILES string of the molecule is CCCC(=O)Nc1cc(Cl)c(Sc2ccc(OC)c(C(C)(C)C)c2)c(Cl)c1. The largest absolute Gasteiger partial charge is 0.496 e. The topological polar surface area (TPSA) is 38.3 Å². The number of benzene rings is 2. The number of anilines is 1. The minimum absolute atomic E-state index is 0.0463. The minimum Gasteiger partial charge on any atom is -0.496 e. The molecule has 0 atom stereocenters. The van der Waals surface area contributed by atoms with Gasteiger partial charge in [0.1, 0.15) is 5.75 Å². The third kappa shape index (κ3) is 5.81. The van der Waals surface area contributed by atoms with Crippen LogP contribution < -0.4 is 10.1 Å². The molecule has 2 aromatic rings. The van der Waals surface area contributed by atoms with E-state index in [1.807, 2.05) is 19.1 Å². The summed E-state index contributed by atoms with van der Waals surface area (Å²) >= 11 is 14.4. The third-order valence-electron chi connectivity index (χ3n) is 3.96. The van der Waals surface area contributed by atoms with Crippen LogP contribution in [0, 0.1) is 0 Å². The van der Waals surface area contributed by atoms with Gasteiger partial charge in [-0.05, 0) is 42.2 Å². The Balaban J connectivity index is 2.31. The van der Waals surface area contributed by atoms with Crippen LogP contribution in [0.2, 0.25) is 10.0 Å². The lowest BCUT2D eigenvalue weighted by molar-refractivity contribution is -0.116. The van der Waals surface area contributed by atoms with Gasteiger partial charge in [0.05, 0.1) is 17.2 Å². The van der Waals surface area contributed by atoms with Crippen LogP contribution in [0.1, 0.15) is 46.1 Å². The molecule has 2 aromatic carbocycles. The third-order valence-corrected chi connectivity index (χ3v) is 5.91. The molecule has 0 aliphatic rings. The highest BCUT2D eigenvalue weighted by molar-refractivity contribution is 7.99. The molecule has 1 N–H and O–H groups in total. The first-order valence-electron chi connectivity index (χ1n) is 8.81. The molecular weight excluding hydrogens is 401 g/mol. The van der Waals surface area contributed by atoms with Crippen molar-refractivity contribution in [3.8, 4) is 5.75 Å². The second-order valence-corrected chi connectivity index (χ2v) is 9.18. The van der Waals surface area contributed by atoms with Crippen LogP contribution in [0.3, 0.4) is 0 Å². The smallest absolute Gasteiger partial charge is 0.224 e. The Hall–Kier alpha value is -1.36. The number of methoxy groups -OCH3 is 1. The maximum atomic E-state index is 11.8. The molecule has 0 saturated carbocycles. The molecule has 0 bridgehead atoms. The molecule has 0 fully saturated rings. The summed E-state index contributed by atoms with van der Waals surface area (Å²) < 4.78 is 5.50. The Labute approximate surface area is 175 Å². The zero-order valence-corrected chi connectivity index (χ0v) is 18.6. The summed E-state index contributed by atoms with van der Waals surface area (Å²) in [5.41, 5.74) is 1.67. The van der Waals surface area contributed by atoms with E-state index in [0.29, 0.717) is 22.2 Å². The van der Waals surface area contributed by atoms with Gasteiger partial charge in [0, 0.05) is 27.5 Å². The molecule has 0 aromatic heterocycles. The van der Waals surface area contributed by atoms with Crippen LogP contribution in [-0.2, 0) is 10.2 Å². The fourth-order valence-electron chi connectivity index (χ4n) is 2.63. The van der Waals surface area contributed by atoms with Crippen molar-refractivity contribution in [1.82, 2.24) is 0 Å². The van der Waals surface area contributed by atoms with Crippen molar-refractivity contribution in [3.63, 3.8) is 0 Å². The van der Waals surface area contributed by atoms with Crippen LogP contribution in [0.25, 0.3) is 0 Å². The summed E-state index contributed by atoms with van der Waals surface area (Å²) in [6, 6.07) is 9.52. The molecule has 3 nitrogen and oxygen atoms in total. The van der Waals surface area contributed by atoms with Crippen molar-refractivity contribution in [2.45, 2.75) is 55.7 Å². The number of hydrogen-bond donors (Lipinski definition) is 1. The summed E-state index contributed by atoms with van der Waals surface area (Å²) in [5, 5.41) is 3.84. The quantitative estimate of drug-likeness (QED) is 0.531. The second kappa shape index (κ2) is 9.22. The van der Waals surface area contributed by atoms with E-state index in [4.69, 9.17) is 27.9 Å². The predicted octanol–water partition coefficient (Wildman–Crippen LogP) is 7.19. The maximum Gasteiger partial charge on any atom is 0.224 e. The van der Waals surface area contributed by atoms with Crippen molar-refractivity contribution < 1.29 is 9.53 Å². The Bertz CT molecular complexity index is 808. The highest BCUT2D eigenvalue weighted by Crippen LogP contribution is 2.43. The standard InChI is InChI=1S/C21H25Cl2NO2S/c1-6-7-19(25)24-13-10-16(22)20(17(23)11-13)27-14-8-9-18(26-5)15(12-14)21(2,3)4/h8-12H,6-7H2,1-5H3,(H,24,25). The van der Waals surface area contributed by atoms with Crippen LogP contribution in [0.5, 0.6) is 5.75 Å². The Kier molecular flexibility index (Phi) is 7.49. The average Bonchev–Trinajstić information content (AvgIpc) is 2.57. The summed E-state index contributed by atoms with van der Waals surface area (Å²) in [4.78, 5) is 13.6. The zero-order chi connectivity index (χ0) is 20.2. The molecule has 1 amide bonds. The van der Waals surface area contributed by atoms with Gasteiger partial charge in [0.15, 0.2) is 0 Å². The first-order chi connectivity index (χ1) is 12.7. The van der Waals surface area contributed by atoms with Gasteiger partial charge in [0.25, 0.3) is 0 Å². The predicted molar refractivity (Wildman–Crippen MR) is 116 cm³/mol. The van der Waals surface area contributed by atoms with Crippen LogP contribution in [-0.4, -0.2) is 13.0 Å². The van der Waals surface area contributed by atoms with Gasteiger partial charge < -0.3 is 10.1 Å². The number of carbonyl (C=O) groups is 1. The molecular formula is C21H25Cl2NO2S. The molecule has 0 heterocycles. The Morgan fingerprint density at radius 3 is 2.30 bits per heavy atom. The molecule has 0 saturated heterocycles. The lowest BCUT2D eigenvalue weighted by atomic mass is 9.86. The number of halogens is 2. The van der Waals surface area contributed by atoms with Crippen LogP contribution in [0.4, 0.5) is 5.69 Å². The minimum atomic E-state index is -0.0527. The molecule has 27 heavy (non-hydrogen) atoms. The molecule has 146 valence electrons. The first-order valence-corrected chi connectivity index (χ1v) is 10.4. The number of nitrogens with one attached hydrogen (secondary N) is 1. The maximum absolute atomic E-state index is 11.8. The van der Waals surface area contributed by atoms with Gasteiger partial charge in [-0.25, -0.2) is 0 Å². The number of amides is 1. The van der Waals surface area contributed by atoms with E-state index < -0.39 is 0 Å². The summed E-state index contributed by atoms with van der Waals surface area (Å²) in [6.07, 6.45) is 1.25. The molecule has 0 spiro atoms. The molecule has 0 aliphatic carbocycles. The summed E-state index contributed by atoms with van der Waals surface area (Å²) in [7, 11) is 1.68. The van der Waals surface area contributed by atoms with Crippen molar-refractivity contribution >= 4 is 46.6 Å². The van der Waals surface area contributed by atoms with Crippen molar-refractivity contribution in [3.05, 3.63) is 45.9 Å². The van der Waals surface area contributed by atoms with Crippen LogP contribution in [0.15, 0.2) is 40.1 Å². The van der Waals surface area contributed by atoms with E-state index in [-0.39, 0.29) is 11.3 Å². The van der Waals surface area contributed by atoms with Gasteiger partial charge in [-0.15, -0.1) is 0 Å². The first kappa shape index (κ1) is 21.9. The van der Waals surface area contributed by atoms with E-state index in [1.54, 1.807) is 19.2 Å². The number of ether oxygens (including phenoxy) is 1.